The Labute approximate surface area is 238 Å². The number of hydrogen-bond donors (Lipinski definition) is 3. The number of rotatable bonds is 9. The van der Waals surface area contributed by atoms with E-state index in [2.05, 4.69) is 26.1 Å². The maximum Gasteiger partial charge on any atom is 0.272 e. The topological polar surface area (TPSA) is 113 Å². The molecule has 0 aliphatic heterocycles. The molecule has 8 nitrogen and oxygen atoms in total. The molecule has 1 heterocycles. The molecule has 1 unspecified atom stereocenters. The maximum absolute atomic E-state index is 13.2. The maximum atomic E-state index is 13.2. The predicted molar refractivity (Wildman–Crippen MR) is 157 cm³/mol. The van der Waals surface area contributed by atoms with Crippen LogP contribution in [0.15, 0.2) is 89.5 Å². The zero-order chi connectivity index (χ0) is 27.8. The Kier molecular flexibility index (Phi) is 9.48. The molecule has 1 atom stereocenters. The molecule has 0 fully saturated rings. The van der Waals surface area contributed by atoms with Crippen LogP contribution in [-0.2, 0) is 9.59 Å². The van der Waals surface area contributed by atoms with Gasteiger partial charge >= 0.3 is 0 Å². The van der Waals surface area contributed by atoms with Gasteiger partial charge in [-0.2, -0.15) is 0 Å². The van der Waals surface area contributed by atoms with Crippen molar-refractivity contribution < 1.29 is 14.4 Å². The van der Waals surface area contributed by atoms with Crippen molar-refractivity contribution in [1.29, 1.82) is 0 Å². The van der Waals surface area contributed by atoms with E-state index in [0.29, 0.717) is 27.0 Å². The highest BCUT2D eigenvalue weighted by Gasteiger charge is 2.18. The van der Waals surface area contributed by atoms with Gasteiger partial charge in [0.25, 0.3) is 11.8 Å². The molecule has 4 rings (SSSR count). The second-order valence-corrected chi connectivity index (χ2v) is 11.3. The van der Waals surface area contributed by atoms with Crippen LogP contribution in [0.5, 0.6) is 0 Å². The fourth-order valence-corrected chi connectivity index (χ4v) is 4.99. The van der Waals surface area contributed by atoms with Crippen molar-refractivity contribution in [3.05, 3.63) is 106 Å². The Bertz CT molecular complexity index is 1510. The van der Waals surface area contributed by atoms with Crippen LogP contribution in [0.1, 0.15) is 27.9 Å². The molecule has 11 heteroatoms. The van der Waals surface area contributed by atoms with Gasteiger partial charge in [-0.3, -0.25) is 19.7 Å². The van der Waals surface area contributed by atoms with Crippen LogP contribution in [-0.4, -0.2) is 33.2 Å². The zero-order valence-electron chi connectivity index (χ0n) is 21.0. The first-order valence-electron chi connectivity index (χ1n) is 11.8. The van der Waals surface area contributed by atoms with E-state index in [-0.39, 0.29) is 16.9 Å². The molecule has 0 aliphatic carbocycles. The van der Waals surface area contributed by atoms with Crippen molar-refractivity contribution >= 4 is 69.3 Å². The number of aryl methyl sites for hydroxylation is 1. The number of thioether (sulfide) groups is 1. The number of amides is 3. The summed E-state index contributed by atoms with van der Waals surface area (Å²) in [7, 11) is 0. The first-order chi connectivity index (χ1) is 18.8. The number of carbonyl (C=O) groups excluding carboxylic acids is 3. The van der Waals surface area contributed by atoms with Gasteiger partial charge < -0.3 is 10.6 Å². The van der Waals surface area contributed by atoms with E-state index in [1.807, 2.05) is 19.1 Å². The summed E-state index contributed by atoms with van der Waals surface area (Å²) in [4.78, 5) is 39.3. The molecular formula is C28H24ClN5O3S2. The number of halogens is 1. The zero-order valence-corrected chi connectivity index (χ0v) is 23.4. The molecular weight excluding hydrogens is 554 g/mol. The summed E-state index contributed by atoms with van der Waals surface area (Å²) in [6.07, 6.45) is 1.56. The molecule has 0 bridgehead atoms. The van der Waals surface area contributed by atoms with Gasteiger partial charge in [-0.15, -0.1) is 22.0 Å². The molecule has 4 aromatic rings. The van der Waals surface area contributed by atoms with Crippen LogP contribution in [0.25, 0.3) is 6.08 Å². The SMILES string of the molecule is Cc1nnc(NC(=O)C(C)Sc2ccc(NC(=O)/C(=C/c3cccc(Cl)c3)NC(=O)c3ccccc3)cc2)s1. The number of aromatic nitrogens is 2. The molecule has 198 valence electrons. The van der Waals surface area contributed by atoms with Gasteiger partial charge in [-0.05, 0) is 74.0 Å². The first-order valence-corrected chi connectivity index (χ1v) is 13.9. The fourth-order valence-electron chi connectivity index (χ4n) is 3.33. The summed E-state index contributed by atoms with van der Waals surface area (Å²) >= 11 is 8.78. The van der Waals surface area contributed by atoms with Gasteiger partial charge in [0.05, 0.1) is 5.25 Å². The third-order valence-electron chi connectivity index (χ3n) is 5.24. The minimum absolute atomic E-state index is 0.0572. The van der Waals surface area contributed by atoms with E-state index < -0.39 is 11.8 Å². The van der Waals surface area contributed by atoms with E-state index >= 15 is 0 Å². The molecule has 3 N–H and O–H groups in total. The Morgan fingerprint density at radius 3 is 2.36 bits per heavy atom. The minimum atomic E-state index is -0.500. The summed E-state index contributed by atoms with van der Waals surface area (Å²) in [5.41, 5.74) is 1.66. The Hall–Kier alpha value is -3.99. The van der Waals surface area contributed by atoms with Crippen LogP contribution >= 0.6 is 34.7 Å². The molecule has 0 saturated heterocycles. The number of nitrogens with one attached hydrogen (secondary N) is 3. The molecule has 0 spiro atoms. The van der Waals surface area contributed by atoms with Crippen LogP contribution in [0.4, 0.5) is 10.8 Å². The highest BCUT2D eigenvalue weighted by atomic mass is 35.5. The van der Waals surface area contributed by atoms with Crippen molar-refractivity contribution in [2.45, 2.75) is 24.0 Å². The second-order valence-electron chi connectivity index (χ2n) is 8.29. The van der Waals surface area contributed by atoms with E-state index in [0.717, 1.165) is 9.90 Å². The largest absolute Gasteiger partial charge is 0.321 e. The standard InChI is InChI=1S/C28H24ClN5O3S2/c1-17(25(35)32-28-34-33-18(2)39-28)38-23-13-11-22(12-14-23)30-27(37)24(16-19-7-6-10-21(29)15-19)31-26(36)20-8-4-3-5-9-20/h3-17H,1-2H3,(H,30,37)(H,31,36)(H,32,34,35)/b24-16-. The molecule has 0 aliphatic rings. The average Bonchev–Trinajstić information content (AvgIpc) is 3.34. The molecule has 3 amide bonds. The molecule has 39 heavy (non-hydrogen) atoms. The second kappa shape index (κ2) is 13.2. The third-order valence-corrected chi connectivity index (χ3v) is 7.34. The van der Waals surface area contributed by atoms with Crippen molar-refractivity contribution in [3.63, 3.8) is 0 Å². The Morgan fingerprint density at radius 2 is 1.69 bits per heavy atom. The third kappa shape index (κ3) is 8.25. The van der Waals surface area contributed by atoms with E-state index in [1.165, 1.54) is 23.1 Å². The van der Waals surface area contributed by atoms with Crippen LogP contribution in [0.3, 0.4) is 0 Å². The molecule has 0 radical (unpaired) electrons. The van der Waals surface area contributed by atoms with Crippen LogP contribution < -0.4 is 16.0 Å². The summed E-state index contributed by atoms with van der Waals surface area (Å²) in [6, 6.07) is 22.7. The van der Waals surface area contributed by atoms with Gasteiger partial charge in [0.15, 0.2) is 0 Å². The van der Waals surface area contributed by atoms with Gasteiger partial charge in [0.2, 0.25) is 11.0 Å². The molecule has 1 aromatic heterocycles. The minimum Gasteiger partial charge on any atom is -0.321 e. The Balaban J connectivity index is 1.43. The van der Waals surface area contributed by atoms with E-state index in [4.69, 9.17) is 11.6 Å². The van der Waals surface area contributed by atoms with Crippen LogP contribution in [0.2, 0.25) is 5.02 Å². The molecule has 3 aromatic carbocycles. The smallest absolute Gasteiger partial charge is 0.272 e. The van der Waals surface area contributed by atoms with Gasteiger partial charge in [-0.25, -0.2) is 0 Å². The van der Waals surface area contributed by atoms with Gasteiger partial charge in [0, 0.05) is 21.2 Å². The lowest BCUT2D eigenvalue weighted by atomic mass is 10.1. The lowest BCUT2D eigenvalue weighted by molar-refractivity contribution is -0.115. The summed E-state index contributed by atoms with van der Waals surface area (Å²) < 4.78 is 0. The fraction of sp³-hybridized carbons (Fsp3) is 0.107. The van der Waals surface area contributed by atoms with E-state index in [9.17, 15) is 14.4 Å². The quantitative estimate of drug-likeness (QED) is 0.165. The summed E-state index contributed by atoms with van der Waals surface area (Å²) in [5, 5.41) is 17.5. The number of anilines is 2. The monoisotopic (exact) mass is 577 g/mol. The van der Waals surface area contributed by atoms with Crippen molar-refractivity contribution in [3.8, 4) is 0 Å². The normalized spacial score (nSPS) is 11.9. The van der Waals surface area contributed by atoms with Gasteiger partial charge in [-0.1, -0.05) is 53.3 Å². The Morgan fingerprint density at radius 1 is 0.949 bits per heavy atom. The first kappa shape index (κ1) is 28.0. The van der Waals surface area contributed by atoms with Crippen molar-refractivity contribution in [2.75, 3.05) is 10.6 Å². The predicted octanol–water partition coefficient (Wildman–Crippen LogP) is 6.03. The number of benzene rings is 3. The number of hydrogen-bond acceptors (Lipinski definition) is 7. The highest BCUT2D eigenvalue weighted by Crippen LogP contribution is 2.26. The number of carbonyl (C=O) groups is 3. The summed E-state index contributed by atoms with van der Waals surface area (Å²) in [6.45, 7) is 3.62. The lowest BCUT2D eigenvalue weighted by Crippen LogP contribution is -2.30. The van der Waals surface area contributed by atoms with E-state index in [1.54, 1.807) is 79.7 Å². The average molecular weight is 578 g/mol. The van der Waals surface area contributed by atoms with Crippen molar-refractivity contribution in [1.82, 2.24) is 15.5 Å². The van der Waals surface area contributed by atoms with Crippen molar-refractivity contribution in [2.24, 2.45) is 0 Å². The van der Waals surface area contributed by atoms with Crippen LogP contribution in [0, 0.1) is 6.92 Å². The summed E-state index contributed by atoms with van der Waals surface area (Å²) in [5.74, 6) is -1.10. The lowest BCUT2D eigenvalue weighted by Gasteiger charge is -2.13. The number of nitrogens with zero attached hydrogens (tertiary/aromatic N) is 2. The molecule has 0 saturated carbocycles. The highest BCUT2D eigenvalue weighted by molar-refractivity contribution is 8.00. The van der Waals surface area contributed by atoms with Gasteiger partial charge in [0.1, 0.15) is 10.7 Å².